The third-order valence-electron chi connectivity index (χ3n) is 4.63. The number of benzene rings is 1. The van der Waals surface area contributed by atoms with Crippen molar-refractivity contribution in [1.82, 2.24) is 15.5 Å². The summed E-state index contributed by atoms with van der Waals surface area (Å²) in [6.07, 6.45) is 0. The first-order chi connectivity index (χ1) is 11.7. The van der Waals surface area contributed by atoms with Gasteiger partial charge in [0.15, 0.2) is 0 Å². The molecule has 0 aliphatic carbocycles. The molecule has 7 nitrogen and oxygen atoms in total. The number of amides is 4. The number of methoxy groups -OCH3 is 1. The zero-order chi connectivity index (χ0) is 18.8. The molecule has 136 valence electrons. The van der Waals surface area contributed by atoms with E-state index in [1.807, 2.05) is 20.8 Å². The van der Waals surface area contributed by atoms with Crippen LogP contribution in [0.1, 0.15) is 33.3 Å². The van der Waals surface area contributed by atoms with E-state index in [9.17, 15) is 14.4 Å². The highest BCUT2D eigenvalue weighted by atomic mass is 16.5. The third kappa shape index (κ3) is 3.75. The van der Waals surface area contributed by atoms with Crippen LogP contribution in [0, 0.1) is 5.92 Å². The molecule has 1 aliphatic rings. The third-order valence-corrected chi connectivity index (χ3v) is 4.63. The maximum atomic E-state index is 12.8. The molecule has 1 heterocycles. The molecule has 1 aliphatic heterocycles. The van der Waals surface area contributed by atoms with Crippen LogP contribution in [-0.2, 0) is 15.1 Å². The predicted molar refractivity (Wildman–Crippen MR) is 93.0 cm³/mol. The molecule has 1 aromatic carbocycles. The molecule has 0 bridgehead atoms. The van der Waals surface area contributed by atoms with Gasteiger partial charge in [0.2, 0.25) is 5.91 Å². The number of carbonyl (C=O) groups excluding carboxylic acids is 3. The number of rotatable bonds is 6. The fourth-order valence-electron chi connectivity index (χ4n) is 2.57. The molecule has 4 amide bonds. The second kappa shape index (κ2) is 7.13. The van der Waals surface area contributed by atoms with E-state index in [0.717, 1.165) is 4.90 Å². The molecule has 2 N–H and O–H groups in total. The lowest BCUT2D eigenvalue weighted by molar-refractivity contribution is -0.135. The number of carbonyl (C=O) groups is 3. The molecular weight excluding hydrogens is 322 g/mol. The fraction of sp³-hybridized carbons (Fsp3) is 0.500. The Labute approximate surface area is 147 Å². The van der Waals surface area contributed by atoms with Crippen molar-refractivity contribution < 1.29 is 19.1 Å². The van der Waals surface area contributed by atoms with E-state index in [1.165, 1.54) is 0 Å². The Kier molecular flexibility index (Phi) is 5.35. The van der Waals surface area contributed by atoms with Gasteiger partial charge >= 0.3 is 6.03 Å². The van der Waals surface area contributed by atoms with E-state index in [4.69, 9.17) is 4.74 Å². The van der Waals surface area contributed by atoms with Gasteiger partial charge in [-0.2, -0.15) is 0 Å². The molecule has 25 heavy (non-hydrogen) atoms. The van der Waals surface area contributed by atoms with Gasteiger partial charge < -0.3 is 15.4 Å². The maximum absolute atomic E-state index is 12.8. The van der Waals surface area contributed by atoms with Crippen LogP contribution < -0.4 is 15.4 Å². The molecule has 1 aromatic rings. The van der Waals surface area contributed by atoms with Gasteiger partial charge in [0, 0.05) is 6.04 Å². The van der Waals surface area contributed by atoms with Crippen LogP contribution in [0.3, 0.4) is 0 Å². The van der Waals surface area contributed by atoms with Gasteiger partial charge in [-0.1, -0.05) is 26.0 Å². The van der Waals surface area contributed by atoms with Gasteiger partial charge in [-0.3, -0.25) is 14.5 Å². The largest absolute Gasteiger partial charge is 0.497 e. The lowest BCUT2D eigenvalue weighted by atomic mass is 9.92. The van der Waals surface area contributed by atoms with Crippen molar-refractivity contribution >= 4 is 17.8 Å². The molecule has 1 saturated heterocycles. The normalized spacial score (nSPS) is 21.3. The van der Waals surface area contributed by atoms with Crippen molar-refractivity contribution in [2.24, 2.45) is 5.92 Å². The van der Waals surface area contributed by atoms with Gasteiger partial charge in [-0.15, -0.1) is 0 Å². The molecule has 0 unspecified atom stereocenters. The van der Waals surface area contributed by atoms with Crippen LogP contribution in [-0.4, -0.2) is 42.4 Å². The molecule has 2 rings (SSSR count). The standard InChI is InChI=1S/C18H25N3O4/c1-11(2)12(3)19-15(22)10-21-16(23)18(4,20-17(21)24)13-6-8-14(25-5)9-7-13/h6-9,11-12H,10H2,1-5H3,(H,19,22)(H,20,24)/t12-,18+/m1/s1. The highest BCUT2D eigenvalue weighted by molar-refractivity contribution is 6.09. The van der Waals surface area contributed by atoms with Crippen LogP contribution in [0.4, 0.5) is 4.79 Å². The summed E-state index contributed by atoms with van der Waals surface area (Å²) < 4.78 is 5.11. The van der Waals surface area contributed by atoms with Crippen molar-refractivity contribution in [3.63, 3.8) is 0 Å². The van der Waals surface area contributed by atoms with Crippen molar-refractivity contribution in [3.8, 4) is 5.75 Å². The SMILES string of the molecule is COc1ccc([C@]2(C)NC(=O)N(CC(=O)N[C@H](C)C(C)C)C2=O)cc1. The van der Waals surface area contributed by atoms with Crippen molar-refractivity contribution in [3.05, 3.63) is 29.8 Å². The summed E-state index contributed by atoms with van der Waals surface area (Å²) in [5.41, 5.74) is -0.571. The first kappa shape index (κ1) is 18.8. The van der Waals surface area contributed by atoms with Gasteiger partial charge in [0.05, 0.1) is 7.11 Å². The van der Waals surface area contributed by atoms with E-state index in [2.05, 4.69) is 10.6 Å². The van der Waals surface area contributed by atoms with Crippen LogP contribution in [0.2, 0.25) is 0 Å². The van der Waals surface area contributed by atoms with E-state index in [-0.39, 0.29) is 24.4 Å². The Hall–Kier alpha value is -2.57. The van der Waals surface area contributed by atoms with E-state index in [1.54, 1.807) is 38.3 Å². The predicted octanol–water partition coefficient (Wildman–Crippen LogP) is 1.62. The van der Waals surface area contributed by atoms with Crippen molar-refractivity contribution in [2.45, 2.75) is 39.3 Å². The smallest absolute Gasteiger partial charge is 0.325 e. The Balaban J connectivity index is 2.14. The number of hydrogen-bond acceptors (Lipinski definition) is 4. The van der Waals surface area contributed by atoms with Crippen LogP contribution in [0.5, 0.6) is 5.75 Å². The number of nitrogens with one attached hydrogen (secondary N) is 2. The molecule has 0 saturated carbocycles. The van der Waals surface area contributed by atoms with Crippen molar-refractivity contribution in [1.29, 1.82) is 0 Å². The Bertz CT molecular complexity index is 671. The van der Waals surface area contributed by atoms with Gasteiger partial charge in [0.25, 0.3) is 5.91 Å². The Morgan fingerprint density at radius 1 is 1.24 bits per heavy atom. The summed E-state index contributed by atoms with van der Waals surface area (Å²) in [5.74, 6) is 0.110. The maximum Gasteiger partial charge on any atom is 0.325 e. The minimum absolute atomic E-state index is 0.0405. The minimum atomic E-state index is -1.20. The molecule has 1 fully saturated rings. The molecular formula is C18H25N3O4. The summed E-state index contributed by atoms with van der Waals surface area (Å²) >= 11 is 0. The highest BCUT2D eigenvalue weighted by Gasteiger charge is 2.49. The summed E-state index contributed by atoms with van der Waals surface area (Å²) in [6, 6.07) is 6.28. The molecule has 0 radical (unpaired) electrons. The first-order valence-corrected chi connectivity index (χ1v) is 8.27. The van der Waals surface area contributed by atoms with Crippen LogP contribution in [0.15, 0.2) is 24.3 Å². The number of imide groups is 1. The van der Waals surface area contributed by atoms with Gasteiger partial charge in [0.1, 0.15) is 17.8 Å². The summed E-state index contributed by atoms with van der Waals surface area (Å²) in [6.45, 7) is 7.19. The number of nitrogens with zero attached hydrogens (tertiary/aromatic N) is 1. The quantitative estimate of drug-likeness (QED) is 0.766. The molecule has 0 spiro atoms. The second-order valence-electron chi connectivity index (χ2n) is 6.78. The minimum Gasteiger partial charge on any atom is -0.497 e. The average molecular weight is 347 g/mol. The molecule has 2 atom stereocenters. The summed E-state index contributed by atoms with van der Waals surface area (Å²) in [4.78, 5) is 38.1. The summed E-state index contributed by atoms with van der Waals surface area (Å²) in [7, 11) is 1.55. The Morgan fingerprint density at radius 2 is 1.84 bits per heavy atom. The lowest BCUT2D eigenvalue weighted by Crippen LogP contribution is -2.45. The van der Waals surface area contributed by atoms with Crippen LogP contribution >= 0.6 is 0 Å². The molecule has 7 heteroatoms. The fourth-order valence-corrected chi connectivity index (χ4v) is 2.57. The van der Waals surface area contributed by atoms with Gasteiger partial charge in [-0.05, 0) is 37.5 Å². The monoisotopic (exact) mass is 347 g/mol. The molecule has 0 aromatic heterocycles. The Morgan fingerprint density at radius 3 is 2.36 bits per heavy atom. The zero-order valence-corrected chi connectivity index (χ0v) is 15.3. The van der Waals surface area contributed by atoms with E-state index >= 15 is 0 Å². The number of ether oxygens (including phenoxy) is 1. The second-order valence-corrected chi connectivity index (χ2v) is 6.78. The highest BCUT2D eigenvalue weighted by Crippen LogP contribution is 2.29. The number of hydrogen-bond donors (Lipinski definition) is 2. The number of urea groups is 1. The van der Waals surface area contributed by atoms with E-state index < -0.39 is 17.5 Å². The lowest BCUT2D eigenvalue weighted by Gasteiger charge is -2.23. The first-order valence-electron chi connectivity index (χ1n) is 8.27. The van der Waals surface area contributed by atoms with Crippen molar-refractivity contribution in [2.75, 3.05) is 13.7 Å². The van der Waals surface area contributed by atoms with Gasteiger partial charge in [-0.25, -0.2) is 4.79 Å². The zero-order valence-electron chi connectivity index (χ0n) is 15.3. The topological polar surface area (TPSA) is 87.7 Å². The summed E-state index contributed by atoms with van der Waals surface area (Å²) in [5, 5.41) is 5.48. The van der Waals surface area contributed by atoms with Crippen LogP contribution in [0.25, 0.3) is 0 Å². The van der Waals surface area contributed by atoms with E-state index in [0.29, 0.717) is 11.3 Å². The average Bonchev–Trinajstić information content (AvgIpc) is 2.79.